The van der Waals surface area contributed by atoms with Crippen molar-refractivity contribution in [3.05, 3.63) is 23.8 Å². The van der Waals surface area contributed by atoms with Crippen molar-refractivity contribution in [2.75, 3.05) is 18.6 Å². The number of benzene rings is 1. The predicted octanol–water partition coefficient (Wildman–Crippen LogP) is 1.79. The van der Waals surface area contributed by atoms with Gasteiger partial charge in [-0.15, -0.1) is 0 Å². The second kappa shape index (κ2) is 4.34. The van der Waals surface area contributed by atoms with Crippen LogP contribution in [0, 0.1) is 0 Å². The summed E-state index contributed by atoms with van der Waals surface area (Å²) >= 11 is 0. The van der Waals surface area contributed by atoms with Crippen LogP contribution in [0.2, 0.25) is 0 Å². The van der Waals surface area contributed by atoms with Crippen molar-refractivity contribution >= 4 is 5.69 Å². The highest BCUT2D eigenvalue weighted by Gasteiger charge is 2.30. The molecule has 1 aromatic rings. The number of hydrogen-bond acceptors (Lipinski definition) is 3. The van der Waals surface area contributed by atoms with Crippen LogP contribution < -0.4 is 15.4 Å². The largest absolute Gasteiger partial charge is 0.497 e. The minimum Gasteiger partial charge on any atom is -0.497 e. The second-order valence-corrected chi connectivity index (χ2v) is 4.59. The van der Waals surface area contributed by atoms with Gasteiger partial charge in [-0.3, -0.25) is 0 Å². The van der Waals surface area contributed by atoms with Crippen molar-refractivity contribution in [1.29, 1.82) is 0 Å². The summed E-state index contributed by atoms with van der Waals surface area (Å²) in [5.41, 5.74) is 8.50. The molecule has 0 saturated carbocycles. The van der Waals surface area contributed by atoms with Gasteiger partial charge in [0, 0.05) is 24.3 Å². The Hall–Kier alpha value is -1.22. The van der Waals surface area contributed by atoms with Gasteiger partial charge in [-0.25, -0.2) is 0 Å². The molecule has 3 nitrogen and oxygen atoms in total. The smallest absolute Gasteiger partial charge is 0.119 e. The summed E-state index contributed by atoms with van der Waals surface area (Å²) < 4.78 is 5.25. The van der Waals surface area contributed by atoms with Gasteiger partial charge in [0.25, 0.3) is 0 Å². The summed E-state index contributed by atoms with van der Waals surface area (Å²) in [4.78, 5) is 2.41. The first kappa shape index (κ1) is 11.3. The Labute approximate surface area is 97.2 Å². The predicted molar refractivity (Wildman–Crippen MR) is 67.2 cm³/mol. The quantitative estimate of drug-likeness (QED) is 0.844. The van der Waals surface area contributed by atoms with E-state index in [2.05, 4.69) is 30.9 Å². The molecule has 1 aromatic carbocycles. The van der Waals surface area contributed by atoms with Crippen molar-refractivity contribution in [2.24, 2.45) is 5.73 Å². The topological polar surface area (TPSA) is 38.5 Å². The van der Waals surface area contributed by atoms with Crippen molar-refractivity contribution in [1.82, 2.24) is 0 Å². The Morgan fingerprint density at radius 2 is 2.25 bits per heavy atom. The van der Waals surface area contributed by atoms with Gasteiger partial charge in [-0.2, -0.15) is 0 Å². The van der Waals surface area contributed by atoms with E-state index >= 15 is 0 Å². The molecule has 1 atom stereocenters. The summed E-state index contributed by atoms with van der Waals surface area (Å²) in [6.45, 7) is 5.12. The van der Waals surface area contributed by atoms with E-state index in [1.165, 1.54) is 11.3 Å². The monoisotopic (exact) mass is 220 g/mol. The van der Waals surface area contributed by atoms with Crippen molar-refractivity contribution in [3.63, 3.8) is 0 Å². The highest BCUT2D eigenvalue weighted by atomic mass is 16.5. The molecule has 2 N–H and O–H groups in total. The molecule has 0 amide bonds. The average molecular weight is 220 g/mol. The summed E-state index contributed by atoms with van der Waals surface area (Å²) in [7, 11) is 1.71. The van der Waals surface area contributed by atoms with E-state index in [1.54, 1.807) is 7.11 Å². The first-order valence-corrected chi connectivity index (χ1v) is 5.82. The molecule has 1 heterocycles. The van der Waals surface area contributed by atoms with Crippen LogP contribution in [-0.4, -0.2) is 25.7 Å². The van der Waals surface area contributed by atoms with Gasteiger partial charge < -0.3 is 15.4 Å². The molecule has 0 fully saturated rings. The molecule has 0 radical (unpaired) electrons. The number of nitrogens with zero attached hydrogens (tertiary/aromatic N) is 1. The lowest BCUT2D eigenvalue weighted by atomic mass is 10.1. The standard InChI is InChI=1S/C13H20N2O/c1-9(2)15-11(8-14)6-10-7-12(16-3)4-5-13(10)15/h4-5,7,9,11H,6,8,14H2,1-3H3. The summed E-state index contributed by atoms with van der Waals surface area (Å²) in [6, 6.07) is 7.21. The Kier molecular flexibility index (Phi) is 3.06. The lowest BCUT2D eigenvalue weighted by Crippen LogP contribution is -2.42. The number of anilines is 1. The van der Waals surface area contributed by atoms with Gasteiger partial charge in [0.15, 0.2) is 0 Å². The molecule has 0 aromatic heterocycles. The number of rotatable bonds is 3. The summed E-state index contributed by atoms with van der Waals surface area (Å²) in [5.74, 6) is 0.931. The fourth-order valence-electron chi connectivity index (χ4n) is 2.55. The van der Waals surface area contributed by atoms with Crippen LogP contribution in [0.4, 0.5) is 5.69 Å². The number of ether oxygens (including phenoxy) is 1. The molecule has 1 aliphatic rings. The fourth-order valence-corrected chi connectivity index (χ4v) is 2.55. The molecular weight excluding hydrogens is 200 g/mol. The van der Waals surface area contributed by atoms with Crippen LogP contribution >= 0.6 is 0 Å². The molecule has 0 spiro atoms. The van der Waals surface area contributed by atoms with Crippen LogP contribution in [0.25, 0.3) is 0 Å². The third-order valence-corrected chi connectivity index (χ3v) is 3.24. The van der Waals surface area contributed by atoms with Gasteiger partial charge in [0.05, 0.1) is 7.11 Å². The van der Waals surface area contributed by atoms with Crippen LogP contribution in [-0.2, 0) is 6.42 Å². The Morgan fingerprint density at radius 3 is 2.81 bits per heavy atom. The molecule has 3 heteroatoms. The van der Waals surface area contributed by atoms with Gasteiger partial charge >= 0.3 is 0 Å². The molecule has 0 aliphatic carbocycles. The third-order valence-electron chi connectivity index (χ3n) is 3.24. The number of fused-ring (bicyclic) bond motifs is 1. The van der Waals surface area contributed by atoms with Crippen LogP contribution in [0.15, 0.2) is 18.2 Å². The lowest BCUT2D eigenvalue weighted by molar-refractivity contribution is 0.414. The fraction of sp³-hybridized carbons (Fsp3) is 0.538. The van der Waals surface area contributed by atoms with E-state index in [0.29, 0.717) is 18.6 Å². The minimum atomic E-state index is 0.433. The normalized spacial score (nSPS) is 19.1. The SMILES string of the molecule is COc1ccc2c(c1)CC(CN)N2C(C)C. The molecule has 0 bridgehead atoms. The maximum absolute atomic E-state index is 5.84. The zero-order valence-electron chi connectivity index (χ0n) is 10.2. The van der Waals surface area contributed by atoms with E-state index in [-0.39, 0.29) is 0 Å². The Bertz CT molecular complexity index is 376. The lowest BCUT2D eigenvalue weighted by Gasteiger charge is -2.30. The first-order chi connectivity index (χ1) is 7.67. The van der Waals surface area contributed by atoms with Crippen molar-refractivity contribution in [3.8, 4) is 5.75 Å². The maximum atomic E-state index is 5.84. The van der Waals surface area contributed by atoms with Crippen molar-refractivity contribution in [2.45, 2.75) is 32.4 Å². The molecule has 2 rings (SSSR count). The zero-order valence-corrected chi connectivity index (χ0v) is 10.2. The second-order valence-electron chi connectivity index (χ2n) is 4.59. The van der Waals surface area contributed by atoms with Crippen molar-refractivity contribution < 1.29 is 4.74 Å². The number of hydrogen-bond donors (Lipinski definition) is 1. The van der Waals surface area contributed by atoms with Crippen LogP contribution in [0.5, 0.6) is 5.75 Å². The third kappa shape index (κ3) is 1.76. The van der Waals surface area contributed by atoms with E-state index < -0.39 is 0 Å². The molecule has 0 saturated heterocycles. The van der Waals surface area contributed by atoms with E-state index in [0.717, 1.165) is 12.2 Å². The Balaban J connectivity index is 2.37. The molecular formula is C13H20N2O. The molecule has 16 heavy (non-hydrogen) atoms. The minimum absolute atomic E-state index is 0.433. The maximum Gasteiger partial charge on any atom is 0.119 e. The summed E-state index contributed by atoms with van der Waals surface area (Å²) in [6.07, 6.45) is 1.03. The van der Waals surface area contributed by atoms with E-state index in [9.17, 15) is 0 Å². The Morgan fingerprint density at radius 1 is 1.50 bits per heavy atom. The first-order valence-electron chi connectivity index (χ1n) is 5.82. The molecule has 1 unspecified atom stereocenters. The molecule has 88 valence electrons. The molecule has 1 aliphatic heterocycles. The van der Waals surface area contributed by atoms with Gasteiger partial charge in [-0.05, 0) is 44.0 Å². The average Bonchev–Trinajstić information content (AvgIpc) is 2.65. The van der Waals surface area contributed by atoms with E-state index in [1.807, 2.05) is 6.07 Å². The summed E-state index contributed by atoms with van der Waals surface area (Å²) in [5, 5.41) is 0. The van der Waals surface area contributed by atoms with Crippen LogP contribution in [0.3, 0.4) is 0 Å². The highest BCUT2D eigenvalue weighted by Crippen LogP contribution is 2.35. The van der Waals surface area contributed by atoms with Crippen LogP contribution in [0.1, 0.15) is 19.4 Å². The van der Waals surface area contributed by atoms with E-state index in [4.69, 9.17) is 10.5 Å². The number of nitrogens with two attached hydrogens (primary N) is 1. The van der Waals surface area contributed by atoms with Gasteiger partial charge in [0.2, 0.25) is 0 Å². The zero-order chi connectivity index (χ0) is 11.7. The van der Waals surface area contributed by atoms with Gasteiger partial charge in [-0.1, -0.05) is 0 Å². The highest BCUT2D eigenvalue weighted by molar-refractivity contribution is 5.62. The van der Waals surface area contributed by atoms with Gasteiger partial charge in [0.1, 0.15) is 5.75 Å². The number of methoxy groups -OCH3 is 1.